The summed E-state index contributed by atoms with van der Waals surface area (Å²) in [6.45, 7) is 7.33. The number of hydrogen-bond donors (Lipinski definition) is 0. The number of nitrogens with zero attached hydrogens (tertiary/aromatic N) is 1. The first-order valence-corrected chi connectivity index (χ1v) is 4.76. The lowest BCUT2D eigenvalue weighted by Gasteiger charge is -2.08. The summed E-state index contributed by atoms with van der Waals surface area (Å²) in [6.07, 6.45) is 0. The van der Waals surface area contributed by atoms with Crippen molar-refractivity contribution in [1.29, 1.82) is 0 Å². The van der Waals surface area contributed by atoms with E-state index in [1.807, 2.05) is 19.9 Å². The maximum atomic E-state index is 11.3. The Hall–Kier alpha value is -1.35. The molecule has 1 aromatic heterocycles. The molecule has 0 N–H and O–H groups in total. The summed E-state index contributed by atoms with van der Waals surface area (Å²) in [7, 11) is 1.30. The maximum absolute atomic E-state index is 11.3. The van der Waals surface area contributed by atoms with Gasteiger partial charge in [-0.3, -0.25) is 0 Å². The van der Waals surface area contributed by atoms with Gasteiger partial charge in [0, 0.05) is 0 Å². The van der Waals surface area contributed by atoms with Crippen LogP contribution in [0.5, 0.6) is 0 Å². The van der Waals surface area contributed by atoms with Crippen LogP contribution in [0.4, 0.5) is 0 Å². The lowest BCUT2D eigenvalue weighted by molar-refractivity contribution is -0.133. The van der Waals surface area contributed by atoms with Gasteiger partial charge in [0.25, 0.3) is 0 Å². The lowest BCUT2D eigenvalue weighted by atomic mass is 10.1. The summed E-state index contributed by atoms with van der Waals surface area (Å²) in [5.41, 5.74) is 2.43. The fourth-order valence-electron chi connectivity index (χ4n) is 1.25. The minimum absolute atomic E-state index is 0.219. The van der Waals surface area contributed by atoms with E-state index in [4.69, 9.17) is 11.6 Å². The Morgan fingerprint density at radius 3 is 2.60 bits per heavy atom. The Morgan fingerprint density at radius 1 is 1.47 bits per heavy atom. The van der Waals surface area contributed by atoms with Gasteiger partial charge in [-0.2, -0.15) is 0 Å². The quantitative estimate of drug-likeness (QED) is 0.441. The van der Waals surface area contributed by atoms with E-state index in [1.54, 1.807) is 0 Å². The summed E-state index contributed by atoms with van der Waals surface area (Å²) >= 11 is 5.87. The highest BCUT2D eigenvalue weighted by Gasteiger charge is 2.14. The number of hydrogen-bond acceptors (Lipinski definition) is 3. The lowest BCUT2D eigenvalue weighted by Crippen LogP contribution is -2.06. The molecule has 0 atom stereocenters. The summed E-state index contributed by atoms with van der Waals surface area (Å²) in [4.78, 5) is 15.4. The Balaban J connectivity index is 3.21. The second-order valence-corrected chi connectivity index (χ2v) is 3.59. The number of halogens is 1. The van der Waals surface area contributed by atoms with Gasteiger partial charge in [-0.05, 0) is 25.0 Å². The third-order valence-electron chi connectivity index (χ3n) is 2.06. The monoisotopic (exact) mass is 225 g/mol. The molecular weight excluding hydrogens is 214 g/mol. The van der Waals surface area contributed by atoms with Crippen LogP contribution in [-0.2, 0) is 9.53 Å². The molecule has 0 aliphatic heterocycles. The molecule has 0 fully saturated rings. The minimum atomic E-state index is -0.495. The van der Waals surface area contributed by atoms with Gasteiger partial charge in [0.15, 0.2) is 0 Å². The first-order valence-electron chi connectivity index (χ1n) is 4.38. The number of ether oxygens (including phenoxy) is 1. The number of esters is 1. The highest BCUT2D eigenvalue weighted by atomic mass is 35.5. The highest BCUT2D eigenvalue weighted by Crippen LogP contribution is 2.21. The van der Waals surface area contributed by atoms with E-state index >= 15 is 0 Å². The van der Waals surface area contributed by atoms with Crippen molar-refractivity contribution in [1.82, 2.24) is 4.98 Å². The number of aryl methyl sites for hydroxylation is 2. The average Bonchev–Trinajstić information content (AvgIpc) is 2.21. The Kier molecular flexibility index (Phi) is 3.48. The fraction of sp³-hybridized carbons (Fsp3) is 0.273. The van der Waals surface area contributed by atoms with Crippen molar-refractivity contribution < 1.29 is 9.53 Å². The zero-order chi connectivity index (χ0) is 11.6. The molecule has 0 amide bonds. The first kappa shape index (κ1) is 11.7. The zero-order valence-corrected chi connectivity index (χ0v) is 9.68. The summed E-state index contributed by atoms with van der Waals surface area (Å²) in [5, 5.41) is 0.376. The van der Waals surface area contributed by atoms with Gasteiger partial charge in [0.2, 0.25) is 0 Å². The van der Waals surface area contributed by atoms with Crippen molar-refractivity contribution in [3.8, 4) is 0 Å². The molecule has 1 rings (SSSR count). The number of rotatable bonds is 2. The van der Waals surface area contributed by atoms with Crippen LogP contribution >= 0.6 is 11.6 Å². The number of pyridine rings is 1. The zero-order valence-electron chi connectivity index (χ0n) is 8.93. The molecule has 4 heteroatoms. The van der Waals surface area contributed by atoms with Crippen LogP contribution in [0, 0.1) is 13.8 Å². The van der Waals surface area contributed by atoms with Gasteiger partial charge in [-0.1, -0.05) is 24.2 Å². The third kappa shape index (κ3) is 2.36. The van der Waals surface area contributed by atoms with Gasteiger partial charge in [0.1, 0.15) is 5.15 Å². The predicted molar refractivity (Wildman–Crippen MR) is 59.8 cm³/mol. The van der Waals surface area contributed by atoms with E-state index in [-0.39, 0.29) is 5.57 Å². The van der Waals surface area contributed by atoms with Crippen LogP contribution in [0.3, 0.4) is 0 Å². The van der Waals surface area contributed by atoms with Gasteiger partial charge in [-0.15, -0.1) is 0 Å². The summed E-state index contributed by atoms with van der Waals surface area (Å²) in [6, 6.07) is 1.86. The van der Waals surface area contributed by atoms with Gasteiger partial charge >= 0.3 is 5.97 Å². The standard InChI is InChI=1S/C11H12ClNO2/c1-6-5-7(2)10(12)13-9(6)8(3)11(14)15-4/h5H,3H2,1-2,4H3. The topological polar surface area (TPSA) is 39.2 Å². The molecule has 80 valence electrons. The van der Waals surface area contributed by atoms with Crippen molar-refractivity contribution in [3.05, 3.63) is 34.6 Å². The fourth-order valence-corrected chi connectivity index (χ4v) is 1.39. The summed E-state index contributed by atoms with van der Waals surface area (Å²) in [5.74, 6) is -0.495. The SMILES string of the molecule is C=C(C(=O)OC)c1nc(Cl)c(C)cc1C. The maximum Gasteiger partial charge on any atom is 0.339 e. The number of carbonyl (C=O) groups is 1. The number of methoxy groups -OCH3 is 1. The van der Waals surface area contributed by atoms with Crippen molar-refractivity contribution in [3.63, 3.8) is 0 Å². The van der Waals surface area contributed by atoms with E-state index in [9.17, 15) is 4.79 Å². The van der Waals surface area contributed by atoms with Crippen molar-refractivity contribution in [2.45, 2.75) is 13.8 Å². The Labute approximate surface area is 93.7 Å². The molecule has 0 saturated carbocycles. The Morgan fingerprint density at radius 2 is 2.07 bits per heavy atom. The van der Waals surface area contributed by atoms with Crippen LogP contribution in [-0.4, -0.2) is 18.1 Å². The second kappa shape index (κ2) is 4.45. The predicted octanol–water partition coefficient (Wildman–Crippen LogP) is 2.54. The minimum Gasteiger partial charge on any atom is -0.465 e. The van der Waals surface area contributed by atoms with E-state index in [0.717, 1.165) is 11.1 Å². The van der Waals surface area contributed by atoms with Crippen LogP contribution in [0.1, 0.15) is 16.8 Å². The van der Waals surface area contributed by atoms with Crippen molar-refractivity contribution in [2.24, 2.45) is 0 Å². The molecule has 15 heavy (non-hydrogen) atoms. The van der Waals surface area contributed by atoms with Crippen molar-refractivity contribution in [2.75, 3.05) is 7.11 Å². The first-order chi connectivity index (χ1) is 6.97. The van der Waals surface area contributed by atoms with Crippen LogP contribution in [0.2, 0.25) is 5.15 Å². The molecule has 0 unspecified atom stereocenters. The molecule has 1 heterocycles. The van der Waals surface area contributed by atoms with Gasteiger partial charge < -0.3 is 4.74 Å². The Bertz CT molecular complexity index is 427. The number of aromatic nitrogens is 1. The highest BCUT2D eigenvalue weighted by molar-refractivity contribution is 6.30. The van der Waals surface area contributed by atoms with Gasteiger partial charge in [-0.25, -0.2) is 9.78 Å². The normalized spacial score (nSPS) is 9.87. The van der Waals surface area contributed by atoms with E-state index < -0.39 is 5.97 Å². The molecule has 0 aliphatic rings. The largest absolute Gasteiger partial charge is 0.465 e. The van der Waals surface area contributed by atoms with Crippen LogP contribution in [0.15, 0.2) is 12.6 Å². The van der Waals surface area contributed by atoms with Crippen LogP contribution < -0.4 is 0 Å². The second-order valence-electron chi connectivity index (χ2n) is 3.23. The molecule has 0 aliphatic carbocycles. The molecule has 3 nitrogen and oxygen atoms in total. The average molecular weight is 226 g/mol. The molecule has 0 aromatic carbocycles. The number of carbonyl (C=O) groups excluding carboxylic acids is 1. The van der Waals surface area contributed by atoms with Crippen molar-refractivity contribution >= 4 is 23.1 Å². The molecule has 0 bridgehead atoms. The molecule has 0 spiro atoms. The van der Waals surface area contributed by atoms with Crippen LogP contribution in [0.25, 0.3) is 5.57 Å². The van der Waals surface area contributed by atoms with E-state index in [0.29, 0.717) is 10.8 Å². The molecule has 0 radical (unpaired) electrons. The van der Waals surface area contributed by atoms with E-state index in [1.165, 1.54) is 7.11 Å². The van der Waals surface area contributed by atoms with E-state index in [2.05, 4.69) is 16.3 Å². The molecule has 1 aromatic rings. The summed E-state index contributed by atoms with van der Waals surface area (Å²) < 4.78 is 4.57. The smallest absolute Gasteiger partial charge is 0.339 e. The third-order valence-corrected chi connectivity index (χ3v) is 2.44. The van der Waals surface area contributed by atoms with Gasteiger partial charge in [0.05, 0.1) is 18.4 Å². The molecular formula is C11H12ClNO2. The molecule has 0 saturated heterocycles.